The smallest absolute Gasteiger partial charge is 0.333 e. The molecular weight excluding hydrogens is 402 g/mol. The van der Waals surface area contributed by atoms with Crippen LogP contribution in [0.2, 0.25) is 5.02 Å². The zero-order valence-electron chi connectivity index (χ0n) is 16.2. The molecule has 1 saturated carbocycles. The van der Waals surface area contributed by atoms with Crippen molar-refractivity contribution in [3.63, 3.8) is 0 Å². The maximum absolute atomic E-state index is 13.1. The molecule has 0 unspecified atom stereocenters. The molecule has 4 aromatic rings. The molecule has 1 aliphatic carbocycles. The summed E-state index contributed by atoms with van der Waals surface area (Å²) in [5, 5.41) is 0.961. The van der Waals surface area contributed by atoms with E-state index in [9.17, 15) is 9.59 Å². The van der Waals surface area contributed by atoms with E-state index in [0.29, 0.717) is 33.3 Å². The van der Waals surface area contributed by atoms with Gasteiger partial charge in [-0.15, -0.1) is 0 Å². The number of ether oxygens (including phenoxy) is 1. The average molecular weight is 420 g/mol. The molecule has 7 heteroatoms. The van der Waals surface area contributed by atoms with Crippen molar-refractivity contribution in [1.82, 2.24) is 14.5 Å². The Kier molecular flexibility index (Phi) is 4.44. The van der Waals surface area contributed by atoms with Crippen molar-refractivity contribution in [3.05, 3.63) is 86.3 Å². The lowest BCUT2D eigenvalue weighted by Crippen LogP contribution is -2.33. The van der Waals surface area contributed by atoms with E-state index >= 15 is 0 Å². The quantitative estimate of drug-likeness (QED) is 0.535. The lowest BCUT2D eigenvalue weighted by Gasteiger charge is -2.10. The number of aromatic nitrogens is 3. The van der Waals surface area contributed by atoms with Crippen LogP contribution in [0, 0.1) is 0 Å². The van der Waals surface area contributed by atoms with Gasteiger partial charge in [0.05, 0.1) is 29.9 Å². The minimum absolute atomic E-state index is 0.383. The van der Waals surface area contributed by atoms with Crippen LogP contribution >= 0.6 is 11.6 Å². The highest BCUT2D eigenvalue weighted by Gasteiger charge is 2.24. The van der Waals surface area contributed by atoms with Crippen LogP contribution < -0.4 is 16.0 Å². The molecule has 0 radical (unpaired) electrons. The number of nitrogens with zero attached hydrogens (tertiary/aromatic N) is 2. The summed E-state index contributed by atoms with van der Waals surface area (Å²) in [6, 6.07) is 12.5. The molecule has 6 nitrogen and oxygen atoms in total. The number of nitrogens with one attached hydrogen (secondary N) is 1. The maximum Gasteiger partial charge on any atom is 0.333 e. The molecule has 150 valence electrons. The third-order valence-electron chi connectivity index (χ3n) is 5.43. The molecule has 0 saturated heterocycles. The van der Waals surface area contributed by atoms with Gasteiger partial charge < -0.3 is 9.72 Å². The van der Waals surface area contributed by atoms with Gasteiger partial charge in [-0.3, -0.25) is 9.78 Å². The minimum Gasteiger partial charge on any atom is -0.497 e. The van der Waals surface area contributed by atoms with E-state index in [1.807, 2.05) is 18.2 Å². The van der Waals surface area contributed by atoms with E-state index in [4.69, 9.17) is 16.3 Å². The Labute approximate surface area is 176 Å². The van der Waals surface area contributed by atoms with Gasteiger partial charge >= 0.3 is 5.69 Å². The molecule has 0 bridgehead atoms. The first-order chi connectivity index (χ1) is 14.5. The highest BCUT2D eigenvalue weighted by Crippen LogP contribution is 2.40. The second-order valence-corrected chi connectivity index (χ2v) is 7.83. The van der Waals surface area contributed by atoms with Crippen LogP contribution in [0.5, 0.6) is 5.75 Å². The van der Waals surface area contributed by atoms with Gasteiger partial charge in [-0.25, -0.2) is 9.36 Å². The van der Waals surface area contributed by atoms with Crippen LogP contribution in [0.3, 0.4) is 0 Å². The molecule has 2 heterocycles. The fourth-order valence-corrected chi connectivity index (χ4v) is 3.91. The summed E-state index contributed by atoms with van der Waals surface area (Å²) >= 11 is 6.35. The summed E-state index contributed by atoms with van der Waals surface area (Å²) in [5.74, 6) is 1.14. The molecule has 2 aromatic carbocycles. The maximum atomic E-state index is 13.1. The number of pyridine rings is 1. The van der Waals surface area contributed by atoms with Crippen molar-refractivity contribution in [2.24, 2.45) is 0 Å². The van der Waals surface area contributed by atoms with Crippen LogP contribution in [-0.4, -0.2) is 21.6 Å². The van der Waals surface area contributed by atoms with Crippen LogP contribution in [0.15, 0.2) is 64.4 Å². The molecule has 5 rings (SSSR count). The SMILES string of the molecule is COc1ccc(Cl)c(-c2ccc3c(=O)n(-c4cncc(C5CC5)c4)c(=O)[nH]c3c2)c1. The molecular formula is C23H18ClN3O3. The van der Waals surface area contributed by atoms with Gasteiger partial charge in [-0.05, 0) is 66.3 Å². The molecule has 0 spiro atoms. The molecule has 1 fully saturated rings. The second kappa shape index (κ2) is 7.15. The predicted molar refractivity (Wildman–Crippen MR) is 117 cm³/mol. The number of aromatic amines is 1. The van der Waals surface area contributed by atoms with Crippen molar-refractivity contribution >= 4 is 22.5 Å². The first kappa shape index (κ1) is 18.6. The number of halogens is 1. The number of methoxy groups -OCH3 is 1. The first-order valence-corrected chi connectivity index (χ1v) is 10.0. The van der Waals surface area contributed by atoms with E-state index in [1.165, 1.54) is 0 Å². The Morgan fingerprint density at radius 3 is 2.70 bits per heavy atom. The molecule has 0 amide bonds. The molecule has 2 aromatic heterocycles. The van der Waals surface area contributed by atoms with Crippen LogP contribution in [-0.2, 0) is 0 Å². The van der Waals surface area contributed by atoms with Crippen LogP contribution in [0.1, 0.15) is 24.3 Å². The number of rotatable bonds is 4. The van der Waals surface area contributed by atoms with Gasteiger partial charge in [0.25, 0.3) is 5.56 Å². The Bertz CT molecular complexity index is 1400. The topological polar surface area (TPSA) is 77.0 Å². The first-order valence-electron chi connectivity index (χ1n) is 9.63. The summed E-state index contributed by atoms with van der Waals surface area (Å²) in [7, 11) is 1.58. The van der Waals surface area contributed by atoms with Gasteiger partial charge in [0.15, 0.2) is 0 Å². The molecule has 30 heavy (non-hydrogen) atoms. The summed E-state index contributed by atoms with van der Waals surface area (Å²) in [6.07, 6.45) is 5.57. The Balaban J connectivity index is 1.66. The normalized spacial score (nSPS) is 13.5. The molecule has 0 aliphatic heterocycles. The number of hydrogen-bond donors (Lipinski definition) is 1. The Morgan fingerprint density at radius 1 is 1.10 bits per heavy atom. The lowest BCUT2D eigenvalue weighted by molar-refractivity contribution is 0.415. The van der Waals surface area contributed by atoms with Gasteiger partial charge in [-0.1, -0.05) is 17.7 Å². The highest BCUT2D eigenvalue weighted by molar-refractivity contribution is 6.33. The monoisotopic (exact) mass is 419 g/mol. The van der Waals surface area contributed by atoms with Gasteiger partial charge in [0, 0.05) is 16.8 Å². The van der Waals surface area contributed by atoms with Crippen molar-refractivity contribution in [2.75, 3.05) is 7.11 Å². The van der Waals surface area contributed by atoms with Crippen LogP contribution in [0.25, 0.3) is 27.7 Å². The summed E-state index contributed by atoms with van der Waals surface area (Å²) in [5.41, 5.74) is 2.63. The van der Waals surface area contributed by atoms with E-state index < -0.39 is 5.69 Å². The van der Waals surface area contributed by atoms with Gasteiger partial charge in [-0.2, -0.15) is 0 Å². The summed E-state index contributed by atoms with van der Waals surface area (Å²) < 4.78 is 6.42. The molecule has 1 N–H and O–H groups in total. The van der Waals surface area contributed by atoms with E-state index in [0.717, 1.165) is 34.1 Å². The second-order valence-electron chi connectivity index (χ2n) is 7.43. The van der Waals surface area contributed by atoms with Gasteiger partial charge in [0.2, 0.25) is 0 Å². The van der Waals surface area contributed by atoms with Gasteiger partial charge in [0.1, 0.15) is 5.75 Å². The Hall–Kier alpha value is -3.38. The number of H-pyrrole nitrogens is 1. The number of fused-ring (bicyclic) bond motifs is 1. The molecule has 0 atom stereocenters. The Morgan fingerprint density at radius 2 is 1.93 bits per heavy atom. The standard InChI is InChI=1S/C23H18ClN3O3/c1-30-17-5-7-20(24)19(10-17)14-4-6-18-21(9-14)26-23(29)27(22(18)28)16-8-15(11-25-12-16)13-2-3-13/h4-13H,2-3H2,1H3,(H,26,29). The van der Waals surface area contributed by atoms with Crippen molar-refractivity contribution < 1.29 is 4.74 Å². The summed E-state index contributed by atoms with van der Waals surface area (Å²) in [4.78, 5) is 33.0. The van der Waals surface area contributed by atoms with Crippen molar-refractivity contribution in [1.29, 1.82) is 0 Å². The third kappa shape index (κ3) is 3.19. The largest absolute Gasteiger partial charge is 0.497 e. The lowest BCUT2D eigenvalue weighted by atomic mass is 10.0. The average Bonchev–Trinajstić information content (AvgIpc) is 3.59. The predicted octanol–water partition coefficient (Wildman–Crippen LogP) is 4.28. The molecule has 1 aliphatic rings. The third-order valence-corrected chi connectivity index (χ3v) is 5.76. The van der Waals surface area contributed by atoms with E-state index in [1.54, 1.807) is 43.8 Å². The summed E-state index contributed by atoms with van der Waals surface area (Å²) in [6.45, 7) is 0. The minimum atomic E-state index is -0.504. The van der Waals surface area contributed by atoms with Crippen LogP contribution in [0.4, 0.5) is 0 Å². The fraction of sp³-hybridized carbons (Fsp3) is 0.174. The fourth-order valence-electron chi connectivity index (χ4n) is 3.68. The highest BCUT2D eigenvalue weighted by atomic mass is 35.5. The van der Waals surface area contributed by atoms with E-state index in [-0.39, 0.29) is 5.56 Å². The zero-order chi connectivity index (χ0) is 20.8. The van der Waals surface area contributed by atoms with Crippen molar-refractivity contribution in [2.45, 2.75) is 18.8 Å². The van der Waals surface area contributed by atoms with Crippen molar-refractivity contribution in [3.8, 4) is 22.6 Å². The van der Waals surface area contributed by atoms with E-state index in [2.05, 4.69) is 9.97 Å². The zero-order valence-corrected chi connectivity index (χ0v) is 16.9. The number of hydrogen-bond acceptors (Lipinski definition) is 4. The number of benzene rings is 2.